The van der Waals surface area contributed by atoms with E-state index in [1.165, 1.54) is 122 Å². The van der Waals surface area contributed by atoms with Gasteiger partial charge in [0.15, 0.2) is 0 Å². The molecular weight excluding hydrogens is 424 g/mol. The van der Waals surface area contributed by atoms with E-state index in [0.29, 0.717) is 0 Å². The van der Waals surface area contributed by atoms with Crippen molar-refractivity contribution in [1.82, 2.24) is 0 Å². The quantitative estimate of drug-likeness (QED) is 0.130. The zero-order valence-corrected chi connectivity index (χ0v) is 22.9. The Bertz CT molecular complexity index is 430. The van der Waals surface area contributed by atoms with Crippen molar-refractivity contribution in [3.05, 3.63) is 0 Å². The zero-order valence-electron chi connectivity index (χ0n) is 22.9. The van der Waals surface area contributed by atoms with Gasteiger partial charge < -0.3 is 20.1 Å². The third kappa shape index (κ3) is 15.1. The number of aliphatic hydroxyl groups is 3. The number of ether oxygens (including phenoxy) is 1. The normalized spacial score (nSPS) is 23.9. The minimum atomic E-state index is -1.08. The number of hydrogen-bond donors (Lipinski definition) is 3. The topological polar surface area (TPSA) is 69.9 Å². The van der Waals surface area contributed by atoms with Crippen molar-refractivity contribution >= 4 is 0 Å². The van der Waals surface area contributed by atoms with Gasteiger partial charge in [0.05, 0.1) is 12.7 Å². The predicted octanol–water partition coefficient (Wildman–Crippen LogP) is 7.71. The molecule has 1 rings (SSSR count). The molecule has 1 aliphatic rings. The largest absolute Gasteiger partial charge is 0.388 e. The van der Waals surface area contributed by atoms with Crippen molar-refractivity contribution in [3.8, 4) is 0 Å². The van der Waals surface area contributed by atoms with Crippen molar-refractivity contribution in [3.63, 3.8) is 0 Å². The lowest BCUT2D eigenvalue weighted by Crippen LogP contribution is -2.55. The number of hydrogen-bond acceptors (Lipinski definition) is 4. The SMILES string of the molecule is CCCCCCCCCCCCCCCCCCCCCCC(CC)[C@@H]1OC[C@@H](O)[C@H](O)[C@H]1O. The average Bonchev–Trinajstić information content (AvgIpc) is 2.84. The minimum absolute atomic E-state index is 0.124. The summed E-state index contributed by atoms with van der Waals surface area (Å²) in [6.45, 7) is 4.53. The monoisotopic (exact) mass is 484 g/mol. The van der Waals surface area contributed by atoms with E-state index in [4.69, 9.17) is 4.74 Å². The molecule has 0 spiro atoms. The standard InChI is InChI=1S/C30H60O4/c1-3-5-6-7-8-9-10-11-12-13-14-15-16-17-18-19-20-21-22-23-24-26(4-2)30-29(33)28(32)27(31)25-34-30/h26-33H,3-25H2,1-2H3/t26?,27-,28+,29-,30+/m1/s1. The first-order valence-corrected chi connectivity index (χ1v) is 15.3. The first kappa shape index (κ1) is 31.9. The molecule has 1 heterocycles. The van der Waals surface area contributed by atoms with E-state index in [-0.39, 0.29) is 18.6 Å². The van der Waals surface area contributed by atoms with Crippen molar-refractivity contribution in [1.29, 1.82) is 0 Å². The van der Waals surface area contributed by atoms with Crippen molar-refractivity contribution in [2.24, 2.45) is 5.92 Å². The Labute approximate surface area is 212 Å². The highest BCUT2D eigenvalue weighted by atomic mass is 16.5. The molecular formula is C30H60O4. The van der Waals surface area contributed by atoms with Gasteiger partial charge in [-0.3, -0.25) is 0 Å². The highest BCUT2D eigenvalue weighted by Crippen LogP contribution is 2.28. The molecule has 204 valence electrons. The van der Waals surface area contributed by atoms with E-state index in [2.05, 4.69) is 13.8 Å². The second kappa shape index (κ2) is 22.1. The lowest BCUT2D eigenvalue weighted by Gasteiger charge is -2.39. The molecule has 0 aromatic heterocycles. The van der Waals surface area contributed by atoms with Crippen LogP contribution in [0.25, 0.3) is 0 Å². The van der Waals surface area contributed by atoms with Crippen LogP contribution in [-0.4, -0.2) is 46.3 Å². The Hall–Kier alpha value is -0.160. The lowest BCUT2D eigenvalue weighted by atomic mass is 9.85. The molecule has 5 atom stereocenters. The molecule has 0 aromatic carbocycles. The van der Waals surface area contributed by atoms with Gasteiger partial charge in [0.1, 0.15) is 18.3 Å². The van der Waals surface area contributed by atoms with Crippen molar-refractivity contribution in [2.45, 2.75) is 180 Å². The number of aliphatic hydroxyl groups excluding tert-OH is 3. The molecule has 0 aromatic rings. The third-order valence-corrected chi connectivity index (χ3v) is 7.96. The fourth-order valence-electron chi connectivity index (χ4n) is 5.51. The molecule has 1 aliphatic heterocycles. The van der Waals surface area contributed by atoms with Gasteiger partial charge in [-0.25, -0.2) is 0 Å². The fraction of sp³-hybridized carbons (Fsp3) is 1.00. The smallest absolute Gasteiger partial charge is 0.111 e. The van der Waals surface area contributed by atoms with Gasteiger partial charge in [0.25, 0.3) is 0 Å². The minimum Gasteiger partial charge on any atom is -0.388 e. The maximum absolute atomic E-state index is 10.2. The molecule has 4 nitrogen and oxygen atoms in total. The van der Waals surface area contributed by atoms with Crippen molar-refractivity contribution < 1.29 is 20.1 Å². The highest BCUT2D eigenvalue weighted by molar-refractivity contribution is 4.89. The molecule has 4 heteroatoms. The maximum Gasteiger partial charge on any atom is 0.111 e. The van der Waals surface area contributed by atoms with Crippen LogP contribution in [0.5, 0.6) is 0 Å². The van der Waals surface area contributed by atoms with E-state index in [9.17, 15) is 15.3 Å². The van der Waals surface area contributed by atoms with Crippen LogP contribution in [0.2, 0.25) is 0 Å². The Kier molecular flexibility index (Phi) is 20.7. The Morgan fingerprint density at radius 1 is 0.559 bits per heavy atom. The van der Waals surface area contributed by atoms with Gasteiger partial charge >= 0.3 is 0 Å². The average molecular weight is 485 g/mol. The maximum atomic E-state index is 10.2. The molecule has 1 saturated heterocycles. The molecule has 1 unspecified atom stereocenters. The van der Waals surface area contributed by atoms with E-state index >= 15 is 0 Å². The Balaban J connectivity index is 1.83. The van der Waals surface area contributed by atoms with E-state index in [1.807, 2.05) is 0 Å². The Morgan fingerprint density at radius 2 is 0.941 bits per heavy atom. The van der Waals surface area contributed by atoms with Crippen LogP contribution < -0.4 is 0 Å². The molecule has 0 radical (unpaired) electrons. The van der Waals surface area contributed by atoms with Gasteiger partial charge in [-0.2, -0.15) is 0 Å². The van der Waals surface area contributed by atoms with Gasteiger partial charge in [-0.15, -0.1) is 0 Å². The Morgan fingerprint density at radius 3 is 1.32 bits per heavy atom. The van der Waals surface area contributed by atoms with Crippen molar-refractivity contribution in [2.75, 3.05) is 6.61 Å². The molecule has 0 amide bonds. The zero-order chi connectivity index (χ0) is 24.9. The van der Waals surface area contributed by atoms with E-state index in [0.717, 1.165) is 19.3 Å². The van der Waals surface area contributed by atoms with E-state index < -0.39 is 18.3 Å². The summed E-state index contributed by atoms with van der Waals surface area (Å²) in [6.07, 6.45) is 26.4. The summed E-state index contributed by atoms with van der Waals surface area (Å²) in [5.74, 6) is 0.257. The summed E-state index contributed by atoms with van der Waals surface area (Å²) in [5, 5.41) is 29.8. The molecule has 3 N–H and O–H groups in total. The van der Waals surface area contributed by atoms with Gasteiger partial charge in [-0.05, 0) is 12.3 Å². The third-order valence-electron chi connectivity index (χ3n) is 7.96. The van der Waals surface area contributed by atoms with Gasteiger partial charge in [0, 0.05) is 0 Å². The van der Waals surface area contributed by atoms with Crippen LogP contribution in [-0.2, 0) is 4.74 Å². The van der Waals surface area contributed by atoms with E-state index in [1.54, 1.807) is 0 Å². The van der Waals surface area contributed by atoms with Crippen LogP contribution in [0.15, 0.2) is 0 Å². The summed E-state index contributed by atoms with van der Waals surface area (Å²) in [5.41, 5.74) is 0. The predicted molar refractivity (Wildman–Crippen MR) is 144 cm³/mol. The summed E-state index contributed by atoms with van der Waals surface area (Å²) in [4.78, 5) is 0. The second-order valence-electron chi connectivity index (χ2n) is 11.0. The summed E-state index contributed by atoms with van der Waals surface area (Å²) in [7, 11) is 0. The van der Waals surface area contributed by atoms with Crippen LogP contribution in [0.1, 0.15) is 155 Å². The molecule has 1 fully saturated rings. The highest BCUT2D eigenvalue weighted by Gasteiger charge is 2.40. The second-order valence-corrected chi connectivity index (χ2v) is 11.0. The first-order valence-electron chi connectivity index (χ1n) is 15.3. The molecule has 0 aliphatic carbocycles. The summed E-state index contributed by atoms with van der Waals surface area (Å²) < 4.78 is 5.66. The number of rotatable bonds is 23. The summed E-state index contributed by atoms with van der Waals surface area (Å²) >= 11 is 0. The first-order chi connectivity index (χ1) is 16.6. The van der Waals surface area contributed by atoms with Gasteiger partial charge in [0.2, 0.25) is 0 Å². The number of unbranched alkanes of at least 4 members (excludes halogenated alkanes) is 19. The van der Waals surface area contributed by atoms with Crippen LogP contribution >= 0.6 is 0 Å². The van der Waals surface area contributed by atoms with Crippen LogP contribution in [0, 0.1) is 5.92 Å². The molecule has 0 bridgehead atoms. The van der Waals surface area contributed by atoms with Crippen LogP contribution in [0.4, 0.5) is 0 Å². The van der Waals surface area contributed by atoms with Crippen LogP contribution in [0.3, 0.4) is 0 Å². The van der Waals surface area contributed by atoms with Gasteiger partial charge in [-0.1, -0.05) is 149 Å². The molecule has 34 heavy (non-hydrogen) atoms. The summed E-state index contributed by atoms with van der Waals surface area (Å²) in [6, 6.07) is 0. The lowest BCUT2D eigenvalue weighted by molar-refractivity contribution is -0.201. The fourth-order valence-corrected chi connectivity index (χ4v) is 5.51. The molecule has 0 saturated carbocycles.